The van der Waals surface area contributed by atoms with Gasteiger partial charge in [0.25, 0.3) is 0 Å². The van der Waals surface area contributed by atoms with Crippen molar-refractivity contribution in [2.45, 2.75) is 158 Å². The van der Waals surface area contributed by atoms with Crippen LogP contribution in [-0.2, 0) is 38.1 Å². The lowest BCUT2D eigenvalue weighted by atomic mass is 9.41. The van der Waals surface area contributed by atoms with Crippen LogP contribution in [0.4, 0.5) is 0 Å². The maximum atomic E-state index is 13.9. The third-order valence-electron chi connectivity index (χ3n) is 14.0. The molecule has 17 nitrogen and oxygen atoms in total. The smallest absolute Gasteiger partial charge is 0.345 e. The third kappa shape index (κ3) is 6.90. The zero-order valence-corrected chi connectivity index (χ0v) is 30.7. The number of carbonyl (C=O) groups excluding carboxylic acids is 1. The molecule has 0 aromatic carbocycles. The Kier molecular flexibility index (Phi) is 11.7. The summed E-state index contributed by atoms with van der Waals surface area (Å²) in [5, 5.41) is 91.8. The molecule has 306 valence electrons. The molecule has 6 fully saturated rings. The lowest BCUT2D eigenvalue weighted by molar-refractivity contribution is -0.378. The van der Waals surface area contributed by atoms with Crippen molar-refractivity contribution in [2.24, 2.45) is 28.1 Å². The molecule has 6 rings (SSSR count). The van der Waals surface area contributed by atoms with Gasteiger partial charge in [0.1, 0.15) is 48.8 Å². The minimum absolute atomic E-state index is 0.112. The molecule has 1 spiro atoms. The van der Waals surface area contributed by atoms with Crippen molar-refractivity contribution in [2.75, 3.05) is 13.2 Å². The van der Waals surface area contributed by atoms with Crippen LogP contribution in [0.1, 0.15) is 84.5 Å². The van der Waals surface area contributed by atoms with Gasteiger partial charge in [0.2, 0.25) is 0 Å². The van der Waals surface area contributed by atoms with E-state index in [0.717, 1.165) is 12.0 Å². The van der Waals surface area contributed by atoms with Crippen LogP contribution >= 0.6 is 0 Å². The van der Waals surface area contributed by atoms with Crippen molar-refractivity contribution in [1.29, 1.82) is 0 Å². The summed E-state index contributed by atoms with van der Waals surface area (Å²) in [4.78, 5) is 36.9. The van der Waals surface area contributed by atoms with Crippen LogP contribution in [0.25, 0.3) is 0 Å². The molecule has 17 atom stereocenters. The van der Waals surface area contributed by atoms with Crippen molar-refractivity contribution in [1.82, 2.24) is 0 Å². The van der Waals surface area contributed by atoms with E-state index in [2.05, 4.69) is 13.5 Å². The number of fused-ring (bicyclic) bond motifs is 3. The molecule has 4 aliphatic carbocycles. The molecular weight excluding hydrogens is 716 g/mol. The number of aliphatic carboxylic acids is 2. The van der Waals surface area contributed by atoms with Crippen molar-refractivity contribution in [3.8, 4) is 0 Å². The highest BCUT2D eigenvalue weighted by Crippen LogP contribution is 2.73. The molecule has 0 aromatic rings. The van der Waals surface area contributed by atoms with Gasteiger partial charge in [-0.25, -0.2) is 4.79 Å². The Morgan fingerprint density at radius 2 is 1.46 bits per heavy atom. The molecule has 4 saturated carbocycles. The Bertz CT molecular complexity index is 1440. The van der Waals surface area contributed by atoms with Gasteiger partial charge in [0.15, 0.2) is 18.7 Å². The predicted octanol–water partition coefficient (Wildman–Crippen LogP) is -0.420. The van der Waals surface area contributed by atoms with Crippen molar-refractivity contribution >= 4 is 17.9 Å². The summed E-state index contributed by atoms with van der Waals surface area (Å²) < 4.78 is 29.8. The van der Waals surface area contributed by atoms with E-state index >= 15 is 0 Å². The predicted molar refractivity (Wildman–Crippen MR) is 181 cm³/mol. The average Bonchev–Trinajstić information content (AvgIpc) is 3.32. The Morgan fingerprint density at radius 1 is 0.833 bits per heavy atom. The highest BCUT2D eigenvalue weighted by molar-refractivity contribution is 5.82. The largest absolute Gasteiger partial charge is 0.481 e. The zero-order chi connectivity index (χ0) is 39.5. The fraction of sp³-hybridized carbons (Fsp3) is 0.865. The molecule has 1 unspecified atom stereocenters. The van der Waals surface area contributed by atoms with Crippen LogP contribution < -0.4 is 0 Å². The van der Waals surface area contributed by atoms with Gasteiger partial charge in [-0.1, -0.05) is 19.9 Å². The molecule has 2 heterocycles. The summed E-state index contributed by atoms with van der Waals surface area (Å²) in [5.74, 6) is -3.23. The lowest BCUT2D eigenvalue weighted by Gasteiger charge is -2.64. The second-order valence-electron chi connectivity index (χ2n) is 17.1. The van der Waals surface area contributed by atoms with Gasteiger partial charge >= 0.3 is 17.9 Å². The fourth-order valence-electron chi connectivity index (χ4n) is 11.4. The number of hydrogen-bond acceptors (Lipinski definition) is 15. The van der Waals surface area contributed by atoms with Crippen LogP contribution in [0, 0.1) is 28.1 Å². The molecular formula is C37H56O17. The van der Waals surface area contributed by atoms with Crippen LogP contribution in [0.2, 0.25) is 0 Å². The van der Waals surface area contributed by atoms with E-state index in [1.54, 1.807) is 0 Å². The highest BCUT2D eigenvalue weighted by Gasteiger charge is 2.69. The SMILES string of the molecule is C=C1C[C@@]23CC[C@H]4[C@@](C)(CCC[C@@]4(C)C(=O)OC(CCC(=O)O)C(=O)O)[C@@H]2CC[C@]1(O[C@@H]1O[C@@H](CO)[C@@H](O)[C@H](O)[C@@H]1O[C@@H]1O[C@@H](CO)[C@@H](O)[C@H](O)[C@@H]1O)C3. The van der Waals surface area contributed by atoms with Crippen molar-refractivity contribution in [3.63, 3.8) is 0 Å². The van der Waals surface area contributed by atoms with Crippen LogP contribution in [0.5, 0.6) is 0 Å². The summed E-state index contributed by atoms with van der Waals surface area (Å²) in [6.07, 6.45) is -12.5. The van der Waals surface area contributed by atoms with Gasteiger partial charge in [-0.15, -0.1) is 0 Å². The van der Waals surface area contributed by atoms with Gasteiger partial charge in [0.05, 0.1) is 24.2 Å². The number of aliphatic hydroxyl groups excluding tert-OH is 7. The van der Waals surface area contributed by atoms with E-state index in [9.17, 15) is 55.2 Å². The minimum Gasteiger partial charge on any atom is -0.481 e. The molecule has 0 aromatic heterocycles. The van der Waals surface area contributed by atoms with Gasteiger partial charge in [0, 0.05) is 12.8 Å². The highest BCUT2D eigenvalue weighted by atomic mass is 16.8. The molecule has 54 heavy (non-hydrogen) atoms. The average molecular weight is 773 g/mol. The quantitative estimate of drug-likeness (QED) is 0.0692. The number of aliphatic hydroxyl groups is 7. The number of carbonyl (C=O) groups is 3. The second-order valence-corrected chi connectivity index (χ2v) is 17.1. The van der Waals surface area contributed by atoms with E-state index in [4.69, 9.17) is 28.8 Å². The molecule has 17 heteroatoms. The fourth-order valence-corrected chi connectivity index (χ4v) is 11.4. The Morgan fingerprint density at radius 3 is 2.09 bits per heavy atom. The van der Waals surface area contributed by atoms with Gasteiger partial charge in [-0.05, 0) is 86.5 Å². The first kappa shape index (κ1) is 41.3. The standard InChI is InChI=1S/C37H56O17/c1-17-13-36-11-7-21-34(2,9-4-10-35(21,3)33(49)52-18(30(47)48)5-6-23(40)41)22(36)8-12-37(17,16-36)54-32-29(27(45)25(43)20(15-39)51-32)53-31-28(46)26(44)24(42)19(14-38)50-31/h18-22,24-29,31-32,38-39,42-46H,1,4-16H2,2-3H3,(H,40,41)(H,47,48)/t18?,19-,20-,21-,22-,24+,25+,26-,27-,28-,29-,31-,32-,34+,35+,36+,37-/m0/s1. The first-order valence-electron chi connectivity index (χ1n) is 19.0. The number of ether oxygens (including phenoxy) is 5. The molecule has 2 aliphatic heterocycles. The number of carboxylic acid groups (broad SMARTS) is 2. The van der Waals surface area contributed by atoms with Gasteiger partial charge in [-0.3, -0.25) is 9.59 Å². The van der Waals surface area contributed by atoms with E-state index in [1.165, 1.54) is 0 Å². The number of hydrogen-bond donors (Lipinski definition) is 9. The summed E-state index contributed by atoms with van der Waals surface area (Å²) in [6, 6.07) is 0. The van der Waals surface area contributed by atoms with E-state index in [1.807, 2.05) is 6.92 Å². The Hall–Kier alpha value is -2.29. The van der Waals surface area contributed by atoms with E-state index in [-0.39, 0.29) is 29.1 Å². The molecule has 2 bridgehead atoms. The number of rotatable bonds is 12. The van der Waals surface area contributed by atoms with Gasteiger partial charge < -0.3 is 69.6 Å². The van der Waals surface area contributed by atoms with Crippen LogP contribution in [0.15, 0.2) is 12.2 Å². The molecule has 6 aliphatic rings. The number of esters is 1. The normalized spacial score (nSPS) is 48.0. The first-order chi connectivity index (χ1) is 25.4. The summed E-state index contributed by atoms with van der Waals surface area (Å²) >= 11 is 0. The Labute approximate surface area is 312 Å². The van der Waals surface area contributed by atoms with E-state index < -0.39 is 116 Å². The minimum atomic E-state index is -1.81. The third-order valence-corrected chi connectivity index (χ3v) is 14.0. The maximum Gasteiger partial charge on any atom is 0.345 e. The van der Waals surface area contributed by atoms with Gasteiger partial charge in [-0.2, -0.15) is 0 Å². The van der Waals surface area contributed by atoms with Crippen LogP contribution in [0.3, 0.4) is 0 Å². The number of carboxylic acids is 2. The van der Waals surface area contributed by atoms with Crippen LogP contribution in [-0.4, -0.2) is 150 Å². The topological polar surface area (TPSA) is 279 Å². The molecule has 9 N–H and O–H groups in total. The lowest BCUT2D eigenvalue weighted by Crippen LogP contribution is -2.65. The molecule has 0 amide bonds. The monoisotopic (exact) mass is 772 g/mol. The van der Waals surface area contributed by atoms with Crippen molar-refractivity contribution < 1.29 is 84.0 Å². The molecule has 2 saturated heterocycles. The summed E-state index contributed by atoms with van der Waals surface area (Å²) in [5.41, 5.74) is -1.85. The molecule has 0 radical (unpaired) electrons. The Balaban J connectivity index is 1.22. The summed E-state index contributed by atoms with van der Waals surface area (Å²) in [7, 11) is 0. The van der Waals surface area contributed by atoms with E-state index in [0.29, 0.717) is 51.4 Å². The zero-order valence-electron chi connectivity index (χ0n) is 30.7. The first-order valence-corrected chi connectivity index (χ1v) is 19.0. The summed E-state index contributed by atoms with van der Waals surface area (Å²) in [6.45, 7) is 7.09. The van der Waals surface area contributed by atoms with Crippen molar-refractivity contribution in [3.05, 3.63) is 12.2 Å². The second kappa shape index (κ2) is 15.2. The maximum absolute atomic E-state index is 13.9.